The number of hydrogen-bond donors (Lipinski definition) is 0. The van der Waals surface area contributed by atoms with Gasteiger partial charge in [0.05, 0.1) is 13.7 Å². The van der Waals surface area contributed by atoms with Crippen molar-refractivity contribution in [3.05, 3.63) is 60.2 Å². The fourth-order valence-corrected chi connectivity index (χ4v) is 4.69. The van der Waals surface area contributed by atoms with Gasteiger partial charge in [-0.2, -0.15) is 0 Å². The maximum Gasteiger partial charge on any atom is 0.320 e. The summed E-state index contributed by atoms with van der Waals surface area (Å²) >= 11 is 0. The first kappa shape index (κ1) is 19.6. The Labute approximate surface area is 161 Å². The Hall–Kier alpha value is -2.20. The van der Waals surface area contributed by atoms with Crippen LogP contribution in [0.2, 0.25) is 0 Å². The van der Waals surface area contributed by atoms with Crippen LogP contribution < -0.4 is 0 Å². The standard InChI is InChI=1S/C23H28O4/c1-17-8-7-11-19-22(2,13-12-20(24)23(17,19)21(25)26-3)14-15-27-16-18-9-5-4-6-10-18/h4-10,12-13,17,19H,11,14-16H2,1-3H3/t17-,19-,22+,23+/m0/s1. The van der Waals surface area contributed by atoms with Gasteiger partial charge in [-0.05, 0) is 41.7 Å². The second-order valence-corrected chi connectivity index (χ2v) is 7.86. The highest BCUT2D eigenvalue weighted by atomic mass is 16.5. The molecular weight excluding hydrogens is 340 g/mol. The molecule has 0 saturated heterocycles. The minimum Gasteiger partial charge on any atom is -0.468 e. The van der Waals surface area contributed by atoms with Gasteiger partial charge in [0.1, 0.15) is 5.41 Å². The fraction of sp³-hybridized carbons (Fsp3) is 0.478. The quantitative estimate of drug-likeness (QED) is 0.328. The van der Waals surface area contributed by atoms with Gasteiger partial charge < -0.3 is 9.47 Å². The Kier molecular flexibility index (Phi) is 5.66. The van der Waals surface area contributed by atoms with E-state index in [0.717, 1.165) is 12.0 Å². The summed E-state index contributed by atoms with van der Waals surface area (Å²) in [6.07, 6.45) is 9.04. The van der Waals surface area contributed by atoms with E-state index in [1.54, 1.807) is 6.08 Å². The number of hydrogen-bond acceptors (Lipinski definition) is 4. The van der Waals surface area contributed by atoms with E-state index in [0.29, 0.717) is 19.6 Å². The van der Waals surface area contributed by atoms with Crippen LogP contribution in [0.3, 0.4) is 0 Å². The predicted octanol–water partition coefficient (Wildman–Crippen LogP) is 4.11. The summed E-state index contributed by atoms with van der Waals surface area (Å²) in [6, 6.07) is 10.1. The summed E-state index contributed by atoms with van der Waals surface area (Å²) in [5, 5.41) is 0. The zero-order valence-electron chi connectivity index (χ0n) is 16.3. The normalized spacial score (nSPS) is 32.2. The van der Waals surface area contributed by atoms with Gasteiger partial charge in [0.15, 0.2) is 5.78 Å². The topological polar surface area (TPSA) is 52.6 Å². The van der Waals surface area contributed by atoms with Gasteiger partial charge in [-0.15, -0.1) is 0 Å². The highest BCUT2D eigenvalue weighted by molar-refractivity contribution is 6.11. The molecule has 4 heteroatoms. The molecule has 1 aromatic carbocycles. The van der Waals surface area contributed by atoms with Crippen molar-refractivity contribution < 1.29 is 19.1 Å². The first-order valence-corrected chi connectivity index (χ1v) is 9.55. The zero-order chi connectivity index (χ0) is 19.5. The molecule has 4 atom stereocenters. The molecule has 144 valence electrons. The maximum absolute atomic E-state index is 12.9. The van der Waals surface area contributed by atoms with E-state index in [4.69, 9.17) is 9.47 Å². The van der Waals surface area contributed by atoms with Crippen molar-refractivity contribution in [1.82, 2.24) is 0 Å². The van der Waals surface area contributed by atoms with Crippen molar-refractivity contribution in [1.29, 1.82) is 0 Å². The molecule has 2 aliphatic carbocycles. The van der Waals surface area contributed by atoms with E-state index in [2.05, 4.69) is 13.0 Å². The lowest BCUT2D eigenvalue weighted by atomic mass is 9.50. The van der Waals surface area contributed by atoms with Crippen molar-refractivity contribution in [2.45, 2.75) is 33.3 Å². The summed E-state index contributed by atoms with van der Waals surface area (Å²) in [6.45, 7) is 5.18. The van der Waals surface area contributed by atoms with E-state index in [9.17, 15) is 9.59 Å². The van der Waals surface area contributed by atoms with Gasteiger partial charge in [-0.1, -0.05) is 62.4 Å². The van der Waals surface area contributed by atoms with Gasteiger partial charge in [0.2, 0.25) is 0 Å². The lowest BCUT2D eigenvalue weighted by molar-refractivity contribution is -0.169. The van der Waals surface area contributed by atoms with E-state index in [-0.39, 0.29) is 23.0 Å². The summed E-state index contributed by atoms with van der Waals surface area (Å²) in [5.74, 6) is -0.880. The van der Waals surface area contributed by atoms with Gasteiger partial charge in [-0.25, -0.2) is 0 Å². The second-order valence-electron chi connectivity index (χ2n) is 7.86. The number of ether oxygens (including phenoxy) is 2. The van der Waals surface area contributed by atoms with Crippen LogP contribution in [0.5, 0.6) is 0 Å². The Morgan fingerprint density at radius 3 is 2.70 bits per heavy atom. The maximum atomic E-state index is 12.9. The molecule has 0 unspecified atom stereocenters. The molecular formula is C23H28O4. The molecule has 4 nitrogen and oxygen atoms in total. The summed E-state index contributed by atoms with van der Waals surface area (Å²) in [7, 11) is 1.37. The molecule has 0 aromatic heterocycles. The Balaban J connectivity index is 1.78. The lowest BCUT2D eigenvalue weighted by Gasteiger charge is -2.51. The van der Waals surface area contributed by atoms with Crippen LogP contribution in [0.15, 0.2) is 54.6 Å². The summed E-state index contributed by atoms with van der Waals surface area (Å²) < 4.78 is 11.0. The van der Waals surface area contributed by atoms with Crippen molar-refractivity contribution in [2.75, 3.05) is 13.7 Å². The Morgan fingerprint density at radius 2 is 2.00 bits per heavy atom. The van der Waals surface area contributed by atoms with Crippen molar-refractivity contribution in [3.63, 3.8) is 0 Å². The first-order valence-electron chi connectivity index (χ1n) is 9.55. The molecule has 0 fully saturated rings. The molecule has 0 aliphatic heterocycles. The van der Waals surface area contributed by atoms with Crippen molar-refractivity contribution in [3.8, 4) is 0 Å². The van der Waals surface area contributed by atoms with Crippen molar-refractivity contribution in [2.24, 2.45) is 22.7 Å². The number of rotatable bonds is 6. The largest absolute Gasteiger partial charge is 0.468 e. The van der Waals surface area contributed by atoms with Crippen LogP contribution in [0, 0.1) is 22.7 Å². The molecule has 1 aromatic rings. The molecule has 3 rings (SSSR count). The number of ketones is 1. The average molecular weight is 368 g/mol. The number of esters is 1. The van der Waals surface area contributed by atoms with E-state index < -0.39 is 11.4 Å². The molecule has 0 N–H and O–H groups in total. The van der Waals surface area contributed by atoms with Crippen LogP contribution in [0.1, 0.15) is 32.3 Å². The number of methoxy groups -OCH3 is 1. The van der Waals surface area contributed by atoms with Gasteiger partial charge in [-0.3, -0.25) is 9.59 Å². The molecule has 0 bridgehead atoms. The van der Waals surface area contributed by atoms with Crippen LogP contribution in [0.4, 0.5) is 0 Å². The first-order chi connectivity index (χ1) is 12.9. The molecule has 0 heterocycles. The summed E-state index contributed by atoms with van der Waals surface area (Å²) in [4.78, 5) is 25.7. The predicted molar refractivity (Wildman–Crippen MR) is 104 cm³/mol. The van der Waals surface area contributed by atoms with Gasteiger partial charge >= 0.3 is 5.97 Å². The molecule has 0 radical (unpaired) electrons. The second kappa shape index (κ2) is 7.81. The average Bonchev–Trinajstić information content (AvgIpc) is 2.69. The third-order valence-corrected chi connectivity index (χ3v) is 6.30. The highest BCUT2D eigenvalue weighted by Gasteiger charge is 2.62. The number of fused-ring (bicyclic) bond motifs is 1. The highest BCUT2D eigenvalue weighted by Crippen LogP contribution is 2.56. The molecule has 0 amide bonds. The Morgan fingerprint density at radius 1 is 1.26 bits per heavy atom. The van der Waals surface area contributed by atoms with Crippen molar-refractivity contribution >= 4 is 11.8 Å². The number of allylic oxidation sites excluding steroid dienone is 4. The van der Waals surface area contributed by atoms with E-state index in [1.807, 2.05) is 49.4 Å². The van der Waals surface area contributed by atoms with Gasteiger partial charge in [0, 0.05) is 6.61 Å². The van der Waals surface area contributed by atoms with Crippen LogP contribution >= 0.6 is 0 Å². The zero-order valence-corrected chi connectivity index (χ0v) is 16.3. The Bertz CT molecular complexity index is 751. The van der Waals surface area contributed by atoms with E-state index >= 15 is 0 Å². The smallest absolute Gasteiger partial charge is 0.320 e. The lowest BCUT2D eigenvalue weighted by Crippen LogP contribution is -2.57. The minimum atomic E-state index is -1.13. The van der Waals surface area contributed by atoms with Crippen LogP contribution in [0.25, 0.3) is 0 Å². The number of benzene rings is 1. The van der Waals surface area contributed by atoms with E-state index in [1.165, 1.54) is 7.11 Å². The van der Waals surface area contributed by atoms with Gasteiger partial charge in [0.25, 0.3) is 0 Å². The summed E-state index contributed by atoms with van der Waals surface area (Å²) in [5.41, 5.74) is -0.306. The number of carbonyl (C=O) groups excluding carboxylic acids is 2. The molecule has 27 heavy (non-hydrogen) atoms. The molecule has 0 spiro atoms. The third-order valence-electron chi connectivity index (χ3n) is 6.30. The monoisotopic (exact) mass is 368 g/mol. The molecule has 0 saturated carbocycles. The molecule has 2 aliphatic rings. The van der Waals surface area contributed by atoms with Crippen LogP contribution in [-0.4, -0.2) is 25.5 Å². The fourth-order valence-electron chi connectivity index (χ4n) is 4.69. The number of carbonyl (C=O) groups is 2. The van der Waals surface area contributed by atoms with Crippen LogP contribution in [-0.2, 0) is 25.7 Å². The minimum absolute atomic E-state index is 0.129. The SMILES string of the molecule is COC(=O)[C@@]12C(=O)C=C[C@](C)(CCOCc3ccccc3)[C@@H]1CC=C[C@@H]2C. The third kappa shape index (κ3) is 3.39.